The molecule has 0 aromatic heterocycles. The van der Waals surface area contributed by atoms with Crippen LogP contribution in [0.5, 0.6) is 0 Å². The standard InChI is InChI=1S/C14H29NO/c1-3-8-13(15-4-2)9-5-6-10-14-11-7-12-16-14/h13-15H,3-12H2,1-2H3. The van der Waals surface area contributed by atoms with Crippen LogP contribution in [0.3, 0.4) is 0 Å². The van der Waals surface area contributed by atoms with E-state index < -0.39 is 0 Å². The first-order chi connectivity index (χ1) is 7.86. The summed E-state index contributed by atoms with van der Waals surface area (Å²) in [5, 5.41) is 3.58. The predicted molar refractivity (Wildman–Crippen MR) is 69.8 cm³/mol. The summed E-state index contributed by atoms with van der Waals surface area (Å²) in [7, 11) is 0. The Morgan fingerprint density at radius 1 is 1.25 bits per heavy atom. The zero-order valence-corrected chi connectivity index (χ0v) is 11.1. The molecule has 96 valence electrons. The lowest BCUT2D eigenvalue weighted by Crippen LogP contribution is -2.28. The van der Waals surface area contributed by atoms with Crippen LogP contribution in [0.4, 0.5) is 0 Å². The lowest BCUT2D eigenvalue weighted by molar-refractivity contribution is 0.101. The summed E-state index contributed by atoms with van der Waals surface area (Å²) in [6.07, 6.45) is 11.1. The van der Waals surface area contributed by atoms with Gasteiger partial charge in [0, 0.05) is 12.6 Å². The van der Waals surface area contributed by atoms with Crippen LogP contribution in [0.1, 0.15) is 65.2 Å². The van der Waals surface area contributed by atoms with Crippen LogP contribution >= 0.6 is 0 Å². The van der Waals surface area contributed by atoms with Gasteiger partial charge in [-0.15, -0.1) is 0 Å². The molecule has 0 radical (unpaired) electrons. The molecule has 1 fully saturated rings. The van der Waals surface area contributed by atoms with E-state index in [2.05, 4.69) is 19.2 Å². The molecule has 1 N–H and O–H groups in total. The molecular weight excluding hydrogens is 198 g/mol. The molecule has 2 unspecified atom stereocenters. The zero-order chi connectivity index (χ0) is 11.6. The minimum atomic E-state index is 0.587. The van der Waals surface area contributed by atoms with E-state index in [-0.39, 0.29) is 0 Å². The average Bonchev–Trinajstić information content (AvgIpc) is 2.78. The SMILES string of the molecule is CCCC(CCCCC1CCCO1)NCC. The molecule has 0 saturated carbocycles. The number of ether oxygens (including phenoxy) is 1. The molecule has 1 saturated heterocycles. The van der Waals surface area contributed by atoms with E-state index in [9.17, 15) is 0 Å². The van der Waals surface area contributed by atoms with Crippen molar-refractivity contribution in [2.24, 2.45) is 0 Å². The van der Waals surface area contributed by atoms with Crippen molar-refractivity contribution in [3.63, 3.8) is 0 Å². The van der Waals surface area contributed by atoms with Crippen molar-refractivity contribution in [3.05, 3.63) is 0 Å². The van der Waals surface area contributed by atoms with E-state index >= 15 is 0 Å². The molecule has 2 nitrogen and oxygen atoms in total. The zero-order valence-electron chi connectivity index (χ0n) is 11.1. The molecule has 0 aromatic rings. The highest BCUT2D eigenvalue weighted by Crippen LogP contribution is 2.18. The molecule has 0 amide bonds. The van der Waals surface area contributed by atoms with E-state index in [1.165, 1.54) is 51.4 Å². The van der Waals surface area contributed by atoms with E-state index in [1.54, 1.807) is 0 Å². The second-order valence-electron chi connectivity index (χ2n) is 4.96. The number of hydrogen-bond donors (Lipinski definition) is 1. The molecule has 16 heavy (non-hydrogen) atoms. The average molecular weight is 227 g/mol. The Hall–Kier alpha value is -0.0800. The van der Waals surface area contributed by atoms with Gasteiger partial charge in [0.15, 0.2) is 0 Å². The molecule has 0 spiro atoms. The minimum Gasteiger partial charge on any atom is -0.378 e. The van der Waals surface area contributed by atoms with Crippen molar-refractivity contribution in [1.82, 2.24) is 5.32 Å². The molecule has 2 atom stereocenters. The summed E-state index contributed by atoms with van der Waals surface area (Å²) in [6.45, 7) is 6.59. The molecular formula is C14H29NO. The summed E-state index contributed by atoms with van der Waals surface area (Å²) in [4.78, 5) is 0. The van der Waals surface area contributed by atoms with Crippen LogP contribution in [-0.2, 0) is 4.74 Å². The van der Waals surface area contributed by atoms with Crippen molar-refractivity contribution in [1.29, 1.82) is 0 Å². The molecule has 0 bridgehead atoms. The lowest BCUT2D eigenvalue weighted by atomic mass is 10.0. The van der Waals surface area contributed by atoms with Crippen molar-refractivity contribution in [2.45, 2.75) is 77.4 Å². The largest absolute Gasteiger partial charge is 0.378 e. The van der Waals surface area contributed by atoms with Gasteiger partial charge in [0.2, 0.25) is 0 Å². The van der Waals surface area contributed by atoms with Gasteiger partial charge in [0.1, 0.15) is 0 Å². The highest BCUT2D eigenvalue weighted by molar-refractivity contribution is 4.68. The third-order valence-electron chi connectivity index (χ3n) is 3.48. The predicted octanol–water partition coefficient (Wildman–Crippen LogP) is 3.50. The van der Waals surface area contributed by atoms with Crippen LogP contribution in [-0.4, -0.2) is 25.3 Å². The van der Waals surface area contributed by atoms with Gasteiger partial charge in [-0.05, 0) is 38.6 Å². The fourth-order valence-corrected chi connectivity index (χ4v) is 2.62. The fraction of sp³-hybridized carbons (Fsp3) is 1.00. The topological polar surface area (TPSA) is 21.3 Å². The summed E-state index contributed by atoms with van der Waals surface area (Å²) in [5.41, 5.74) is 0. The second-order valence-corrected chi connectivity index (χ2v) is 4.96. The summed E-state index contributed by atoms with van der Waals surface area (Å²) < 4.78 is 5.64. The van der Waals surface area contributed by atoms with Crippen molar-refractivity contribution in [3.8, 4) is 0 Å². The highest BCUT2D eigenvalue weighted by atomic mass is 16.5. The third kappa shape index (κ3) is 5.86. The Balaban J connectivity index is 1.98. The lowest BCUT2D eigenvalue weighted by Gasteiger charge is -2.17. The van der Waals surface area contributed by atoms with Crippen molar-refractivity contribution < 1.29 is 4.74 Å². The first-order valence-corrected chi connectivity index (χ1v) is 7.21. The van der Waals surface area contributed by atoms with Gasteiger partial charge in [-0.3, -0.25) is 0 Å². The van der Waals surface area contributed by atoms with Gasteiger partial charge in [-0.25, -0.2) is 0 Å². The van der Waals surface area contributed by atoms with Crippen LogP contribution in [0, 0.1) is 0 Å². The van der Waals surface area contributed by atoms with Gasteiger partial charge >= 0.3 is 0 Å². The Morgan fingerprint density at radius 3 is 2.75 bits per heavy atom. The maximum Gasteiger partial charge on any atom is 0.0576 e. The molecule has 1 heterocycles. The number of nitrogens with one attached hydrogen (secondary N) is 1. The van der Waals surface area contributed by atoms with Crippen LogP contribution in [0.15, 0.2) is 0 Å². The second kappa shape index (κ2) is 9.00. The third-order valence-corrected chi connectivity index (χ3v) is 3.48. The highest BCUT2D eigenvalue weighted by Gasteiger charge is 2.14. The number of unbranched alkanes of at least 4 members (excludes halogenated alkanes) is 1. The van der Waals surface area contributed by atoms with E-state index in [0.717, 1.165) is 19.2 Å². The fourth-order valence-electron chi connectivity index (χ4n) is 2.62. The summed E-state index contributed by atoms with van der Waals surface area (Å²) >= 11 is 0. The van der Waals surface area contributed by atoms with Gasteiger partial charge in [0.05, 0.1) is 6.10 Å². The smallest absolute Gasteiger partial charge is 0.0576 e. The molecule has 1 aliphatic rings. The number of rotatable bonds is 9. The Labute approximate surface area is 101 Å². The number of hydrogen-bond acceptors (Lipinski definition) is 2. The van der Waals surface area contributed by atoms with Crippen molar-refractivity contribution in [2.75, 3.05) is 13.2 Å². The molecule has 1 aliphatic heterocycles. The quantitative estimate of drug-likeness (QED) is 0.609. The van der Waals surface area contributed by atoms with E-state index in [4.69, 9.17) is 4.74 Å². The van der Waals surface area contributed by atoms with E-state index in [1.807, 2.05) is 0 Å². The monoisotopic (exact) mass is 227 g/mol. The van der Waals surface area contributed by atoms with Crippen LogP contribution < -0.4 is 5.32 Å². The summed E-state index contributed by atoms with van der Waals surface area (Å²) in [5.74, 6) is 0. The Kier molecular flexibility index (Phi) is 7.87. The van der Waals surface area contributed by atoms with Gasteiger partial charge in [0.25, 0.3) is 0 Å². The Morgan fingerprint density at radius 2 is 2.12 bits per heavy atom. The maximum atomic E-state index is 5.64. The first kappa shape index (κ1) is 14.0. The van der Waals surface area contributed by atoms with Gasteiger partial charge in [-0.1, -0.05) is 33.1 Å². The molecule has 1 rings (SSSR count). The molecule has 2 heteroatoms. The van der Waals surface area contributed by atoms with E-state index in [0.29, 0.717) is 6.10 Å². The normalized spacial score (nSPS) is 22.5. The van der Waals surface area contributed by atoms with Crippen molar-refractivity contribution >= 4 is 0 Å². The molecule has 0 aromatic carbocycles. The summed E-state index contributed by atoms with van der Waals surface area (Å²) in [6, 6.07) is 0.750. The van der Waals surface area contributed by atoms with Gasteiger partial charge < -0.3 is 10.1 Å². The minimum absolute atomic E-state index is 0.587. The molecule has 0 aliphatic carbocycles. The van der Waals surface area contributed by atoms with Crippen LogP contribution in [0.2, 0.25) is 0 Å². The maximum absolute atomic E-state index is 5.64. The van der Waals surface area contributed by atoms with Crippen LogP contribution in [0.25, 0.3) is 0 Å². The first-order valence-electron chi connectivity index (χ1n) is 7.21. The Bertz CT molecular complexity index is 149. The van der Waals surface area contributed by atoms with Gasteiger partial charge in [-0.2, -0.15) is 0 Å².